The van der Waals surface area contributed by atoms with Crippen LogP contribution < -0.4 is 10.1 Å². The van der Waals surface area contributed by atoms with Crippen LogP contribution in [0.5, 0.6) is 5.88 Å². The molecule has 0 aliphatic carbocycles. The van der Waals surface area contributed by atoms with Gasteiger partial charge in [0, 0.05) is 48.0 Å². The van der Waals surface area contributed by atoms with Gasteiger partial charge >= 0.3 is 0 Å². The van der Waals surface area contributed by atoms with Gasteiger partial charge in [-0.1, -0.05) is 17.7 Å². The fourth-order valence-corrected chi connectivity index (χ4v) is 2.89. The number of aromatic nitrogens is 1. The standard InChI is InChI=1S/C18H21ClN2O3S/c1-23-9-10-24-18-7-2-14(13-21-18)12-20-17(22)8-11-25-16-5-3-15(19)4-6-16/h2-7,13H,8-12H2,1H3,(H,20,22). The molecular weight excluding hydrogens is 360 g/mol. The zero-order chi connectivity index (χ0) is 17.9. The molecule has 0 aliphatic rings. The Bertz CT molecular complexity index is 650. The number of thioether (sulfide) groups is 1. The maximum atomic E-state index is 11.9. The number of nitrogens with zero attached hydrogens (tertiary/aromatic N) is 1. The average molecular weight is 381 g/mol. The Kier molecular flexibility index (Phi) is 8.59. The van der Waals surface area contributed by atoms with Crippen molar-refractivity contribution in [3.63, 3.8) is 0 Å². The number of benzene rings is 1. The zero-order valence-corrected chi connectivity index (χ0v) is 15.6. The molecule has 25 heavy (non-hydrogen) atoms. The lowest BCUT2D eigenvalue weighted by Gasteiger charge is -2.07. The van der Waals surface area contributed by atoms with Crippen LogP contribution in [-0.2, 0) is 16.1 Å². The van der Waals surface area contributed by atoms with E-state index in [0.29, 0.717) is 37.1 Å². The number of hydrogen-bond acceptors (Lipinski definition) is 5. The topological polar surface area (TPSA) is 60.5 Å². The fraction of sp³-hybridized carbons (Fsp3) is 0.333. The van der Waals surface area contributed by atoms with Crippen LogP contribution in [0, 0.1) is 0 Å². The first-order chi connectivity index (χ1) is 12.2. The minimum absolute atomic E-state index is 0.0156. The van der Waals surface area contributed by atoms with Gasteiger partial charge in [-0.15, -0.1) is 11.8 Å². The fourth-order valence-electron chi connectivity index (χ4n) is 1.91. The van der Waals surface area contributed by atoms with Crippen molar-refractivity contribution in [1.29, 1.82) is 0 Å². The van der Waals surface area contributed by atoms with Crippen molar-refractivity contribution >= 4 is 29.3 Å². The molecule has 0 saturated heterocycles. The number of nitrogens with one attached hydrogen (secondary N) is 1. The van der Waals surface area contributed by atoms with Crippen molar-refractivity contribution in [2.24, 2.45) is 0 Å². The molecule has 1 aromatic carbocycles. The number of halogens is 1. The van der Waals surface area contributed by atoms with Gasteiger partial charge < -0.3 is 14.8 Å². The first kappa shape index (κ1) is 19.6. The minimum Gasteiger partial charge on any atom is -0.475 e. The number of carbonyl (C=O) groups excluding carboxylic acids is 1. The predicted molar refractivity (Wildman–Crippen MR) is 100 cm³/mol. The summed E-state index contributed by atoms with van der Waals surface area (Å²) < 4.78 is 10.3. The van der Waals surface area contributed by atoms with Gasteiger partial charge in [-0.25, -0.2) is 4.98 Å². The number of hydrogen-bond donors (Lipinski definition) is 1. The number of amides is 1. The highest BCUT2D eigenvalue weighted by Gasteiger charge is 2.03. The van der Waals surface area contributed by atoms with Gasteiger partial charge in [-0.2, -0.15) is 0 Å². The molecule has 1 aromatic heterocycles. The van der Waals surface area contributed by atoms with Gasteiger partial charge in [0.15, 0.2) is 0 Å². The van der Waals surface area contributed by atoms with E-state index < -0.39 is 0 Å². The smallest absolute Gasteiger partial charge is 0.221 e. The van der Waals surface area contributed by atoms with Crippen LogP contribution in [0.3, 0.4) is 0 Å². The predicted octanol–water partition coefficient (Wildman–Crippen LogP) is 3.56. The highest BCUT2D eigenvalue weighted by Crippen LogP contribution is 2.20. The Balaban J connectivity index is 1.64. The van der Waals surface area contributed by atoms with E-state index in [1.807, 2.05) is 30.3 Å². The van der Waals surface area contributed by atoms with Crippen molar-refractivity contribution in [1.82, 2.24) is 10.3 Å². The molecule has 0 spiro atoms. The molecule has 2 aromatic rings. The van der Waals surface area contributed by atoms with Gasteiger partial charge in [0.1, 0.15) is 6.61 Å². The normalized spacial score (nSPS) is 10.5. The van der Waals surface area contributed by atoms with Crippen LogP contribution >= 0.6 is 23.4 Å². The van der Waals surface area contributed by atoms with Crippen molar-refractivity contribution < 1.29 is 14.3 Å². The quantitative estimate of drug-likeness (QED) is 0.504. The summed E-state index contributed by atoms with van der Waals surface area (Å²) in [5.74, 6) is 1.28. The Hall–Kier alpha value is -1.76. The summed E-state index contributed by atoms with van der Waals surface area (Å²) in [5.41, 5.74) is 0.929. The third kappa shape index (κ3) is 7.77. The van der Waals surface area contributed by atoms with E-state index in [1.165, 1.54) is 0 Å². The molecule has 7 heteroatoms. The summed E-state index contributed by atoms with van der Waals surface area (Å²) in [6.07, 6.45) is 2.16. The van der Waals surface area contributed by atoms with Crippen molar-refractivity contribution in [2.45, 2.75) is 17.9 Å². The molecule has 0 atom stereocenters. The van der Waals surface area contributed by atoms with Gasteiger partial charge in [-0.3, -0.25) is 4.79 Å². The molecular formula is C18H21ClN2O3S. The van der Waals surface area contributed by atoms with E-state index >= 15 is 0 Å². The van der Waals surface area contributed by atoms with Crippen molar-refractivity contribution in [3.8, 4) is 5.88 Å². The molecule has 2 rings (SSSR count). The Morgan fingerprint density at radius 3 is 2.68 bits per heavy atom. The zero-order valence-electron chi connectivity index (χ0n) is 14.0. The Morgan fingerprint density at radius 1 is 1.20 bits per heavy atom. The van der Waals surface area contributed by atoms with E-state index in [0.717, 1.165) is 16.2 Å². The summed E-state index contributed by atoms with van der Waals surface area (Å²) in [7, 11) is 1.62. The maximum absolute atomic E-state index is 11.9. The molecule has 0 aliphatic heterocycles. The van der Waals surface area contributed by atoms with E-state index in [1.54, 1.807) is 31.1 Å². The number of carbonyl (C=O) groups is 1. The number of rotatable bonds is 10. The SMILES string of the molecule is COCCOc1ccc(CNC(=O)CCSc2ccc(Cl)cc2)cn1. The number of ether oxygens (including phenoxy) is 2. The number of methoxy groups -OCH3 is 1. The second-order valence-corrected chi connectivity index (χ2v) is 6.78. The lowest BCUT2D eigenvalue weighted by Crippen LogP contribution is -2.23. The molecule has 1 amide bonds. The maximum Gasteiger partial charge on any atom is 0.221 e. The first-order valence-corrected chi connectivity index (χ1v) is 9.25. The second-order valence-electron chi connectivity index (χ2n) is 5.18. The Morgan fingerprint density at radius 2 is 2.00 bits per heavy atom. The lowest BCUT2D eigenvalue weighted by atomic mass is 10.3. The summed E-state index contributed by atoms with van der Waals surface area (Å²) in [6.45, 7) is 1.44. The monoisotopic (exact) mass is 380 g/mol. The molecule has 134 valence electrons. The third-order valence-electron chi connectivity index (χ3n) is 3.24. The third-order valence-corrected chi connectivity index (χ3v) is 4.50. The molecule has 1 N–H and O–H groups in total. The summed E-state index contributed by atoms with van der Waals surface area (Å²) in [5, 5.41) is 3.61. The lowest BCUT2D eigenvalue weighted by molar-refractivity contribution is -0.120. The molecule has 1 heterocycles. The highest BCUT2D eigenvalue weighted by atomic mass is 35.5. The van der Waals surface area contributed by atoms with E-state index in [4.69, 9.17) is 21.1 Å². The van der Waals surface area contributed by atoms with E-state index in [2.05, 4.69) is 10.3 Å². The van der Waals surface area contributed by atoms with Gasteiger partial charge in [0.2, 0.25) is 11.8 Å². The molecule has 5 nitrogen and oxygen atoms in total. The summed E-state index contributed by atoms with van der Waals surface area (Å²) in [6, 6.07) is 11.3. The van der Waals surface area contributed by atoms with Gasteiger partial charge in [0.05, 0.1) is 6.61 Å². The van der Waals surface area contributed by atoms with Gasteiger partial charge in [0.25, 0.3) is 0 Å². The second kappa shape index (κ2) is 11.0. The van der Waals surface area contributed by atoms with Crippen LogP contribution in [0.15, 0.2) is 47.5 Å². The van der Waals surface area contributed by atoms with Crippen molar-refractivity contribution in [3.05, 3.63) is 53.2 Å². The van der Waals surface area contributed by atoms with E-state index in [9.17, 15) is 4.79 Å². The molecule has 0 unspecified atom stereocenters. The van der Waals surface area contributed by atoms with Crippen molar-refractivity contribution in [2.75, 3.05) is 26.1 Å². The minimum atomic E-state index is 0.0156. The average Bonchev–Trinajstić information content (AvgIpc) is 2.63. The summed E-state index contributed by atoms with van der Waals surface area (Å²) >= 11 is 7.48. The van der Waals surface area contributed by atoms with Crippen LogP contribution in [-0.4, -0.2) is 37.0 Å². The first-order valence-electron chi connectivity index (χ1n) is 7.89. The molecule has 0 radical (unpaired) electrons. The van der Waals surface area contributed by atoms with Crippen LogP contribution in [0.25, 0.3) is 0 Å². The molecule has 0 fully saturated rings. The largest absolute Gasteiger partial charge is 0.475 e. The van der Waals surface area contributed by atoms with Crippen LogP contribution in [0.4, 0.5) is 0 Å². The number of pyridine rings is 1. The van der Waals surface area contributed by atoms with E-state index in [-0.39, 0.29) is 5.91 Å². The molecule has 0 saturated carbocycles. The van der Waals surface area contributed by atoms with Gasteiger partial charge in [-0.05, 0) is 29.8 Å². The molecule has 0 bridgehead atoms. The highest BCUT2D eigenvalue weighted by molar-refractivity contribution is 7.99. The van der Waals surface area contributed by atoms with Crippen LogP contribution in [0.1, 0.15) is 12.0 Å². The Labute approximate surface area is 157 Å². The summed E-state index contributed by atoms with van der Waals surface area (Å²) in [4.78, 5) is 17.2. The van der Waals surface area contributed by atoms with Crippen LogP contribution in [0.2, 0.25) is 5.02 Å².